The Morgan fingerprint density at radius 3 is 2.53 bits per heavy atom. The van der Waals surface area contributed by atoms with Crippen LogP contribution in [0.15, 0.2) is 29.2 Å². The van der Waals surface area contributed by atoms with Crippen molar-refractivity contribution in [3.63, 3.8) is 0 Å². The van der Waals surface area contributed by atoms with E-state index in [1.54, 1.807) is 18.2 Å². The first-order valence-corrected chi connectivity index (χ1v) is 10.2. The summed E-state index contributed by atoms with van der Waals surface area (Å²) in [7, 11) is 2.88. The van der Waals surface area contributed by atoms with Gasteiger partial charge in [-0.05, 0) is 67.9 Å². The van der Waals surface area contributed by atoms with Gasteiger partial charge in [0.15, 0.2) is 0 Å². The molecule has 0 radical (unpaired) electrons. The first kappa shape index (κ1) is 21.9. The van der Waals surface area contributed by atoms with E-state index in [9.17, 15) is 14.4 Å². The van der Waals surface area contributed by atoms with Crippen LogP contribution in [0.2, 0.25) is 0 Å². The predicted molar refractivity (Wildman–Crippen MR) is 116 cm³/mol. The van der Waals surface area contributed by atoms with E-state index >= 15 is 0 Å². The van der Waals surface area contributed by atoms with E-state index in [-0.39, 0.29) is 17.7 Å². The molecule has 3 rings (SSSR count). The molecule has 0 N–H and O–H groups in total. The van der Waals surface area contributed by atoms with Gasteiger partial charge in [-0.25, -0.2) is 4.79 Å². The van der Waals surface area contributed by atoms with Crippen LogP contribution in [0.5, 0.6) is 0 Å². The van der Waals surface area contributed by atoms with Gasteiger partial charge in [-0.1, -0.05) is 6.07 Å². The minimum Gasteiger partial charge on any atom is -0.465 e. The average Bonchev–Trinajstić information content (AvgIpc) is 3.15. The Kier molecular flexibility index (Phi) is 6.48. The Bertz CT molecular complexity index is 1050. The molecule has 1 aromatic carbocycles. The van der Waals surface area contributed by atoms with Crippen molar-refractivity contribution in [2.24, 2.45) is 0 Å². The van der Waals surface area contributed by atoms with Gasteiger partial charge in [-0.2, -0.15) is 0 Å². The summed E-state index contributed by atoms with van der Waals surface area (Å²) in [5, 5.41) is -0.293. The quantitative estimate of drug-likeness (QED) is 0.513. The zero-order valence-electron chi connectivity index (χ0n) is 17.6. The smallest absolute Gasteiger partial charge is 0.337 e. The van der Waals surface area contributed by atoms with Gasteiger partial charge in [-0.15, -0.1) is 0 Å². The Labute approximate surface area is 179 Å². The Morgan fingerprint density at radius 1 is 1.13 bits per heavy atom. The van der Waals surface area contributed by atoms with Crippen LogP contribution in [0.25, 0.3) is 11.8 Å². The fraction of sp³-hybridized carbons (Fsp3) is 0.318. The summed E-state index contributed by atoms with van der Waals surface area (Å²) >= 11 is 0.932. The maximum atomic E-state index is 12.6. The number of imide groups is 1. The van der Waals surface area contributed by atoms with Crippen LogP contribution in [-0.4, -0.2) is 54.0 Å². The molecule has 0 aliphatic carbocycles. The van der Waals surface area contributed by atoms with Crippen molar-refractivity contribution in [1.82, 2.24) is 9.47 Å². The van der Waals surface area contributed by atoms with Crippen molar-refractivity contribution in [1.29, 1.82) is 0 Å². The number of ether oxygens (including phenoxy) is 2. The van der Waals surface area contributed by atoms with Crippen LogP contribution in [0, 0.1) is 20.8 Å². The van der Waals surface area contributed by atoms with Gasteiger partial charge in [0.05, 0.1) is 30.7 Å². The van der Waals surface area contributed by atoms with Gasteiger partial charge < -0.3 is 14.0 Å². The summed E-state index contributed by atoms with van der Waals surface area (Å²) in [4.78, 5) is 38.3. The van der Waals surface area contributed by atoms with Crippen molar-refractivity contribution in [2.75, 3.05) is 27.4 Å². The van der Waals surface area contributed by atoms with Gasteiger partial charge in [0.25, 0.3) is 11.1 Å². The van der Waals surface area contributed by atoms with Crippen molar-refractivity contribution < 1.29 is 23.9 Å². The number of amides is 2. The van der Waals surface area contributed by atoms with Gasteiger partial charge in [-0.3, -0.25) is 14.5 Å². The van der Waals surface area contributed by atoms with E-state index < -0.39 is 5.97 Å². The molecule has 2 aromatic rings. The fourth-order valence-corrected chi connectivity index (χ4v) is 4.27. The van der Waals surface area contributed by atoms with Crippen molar-refractivity contribution in [3.8, 4) is 5.69 Å². The molecule has 1 aliphatic rings. The highest BCUT2D eigenvalue weighted by atomic mass is 32.2. The SMILES string of the molecule is COCCN1C(=O)S/C(=C/c2cc(C)n(-c3cc(C(=O)OC)ccc3C)c2C)C1=O. The second-order valence-corrected chi connectivity index (χ2v) is 7.97. The molecule has 0 bridgehead atoms. The van der Waals surface area contributed by atoms with Gasteiger partial charge in [0.1, 0.15) is 0 Å². The lowest BCUT2D eigenvalue weighted by molar-refractivity contribution is -0.123. The lowest BCUT2D eigenvalue weighted by atomic mass is 10.1. The molecule has 8 heteroatoms. The molecular weight excluding hydrogens is 404 g/mol. The number of hydrogen-bond acceptors (Lipinski definition) is 6. The first-order chi connectivity index (χ1) is 14.3. The number of methoxy groups -OCH3 is 2. The third kappa shape index (κ3) is 4.06. The number of aryl methyl sites for hydroxylation is 2. The first-order valence-electron chi connectivity index (χ1n) is 9.41. The highest BCUT2D eigenvalue weighted by molar-refractivity contribution is 8.18. The molecule has 0 unspecified atom stereocenters. The normalized spacial score (nSPS) is 15.4. The second-order valence-electron chi connectivity index (χ2n) is 6.98. The van der Waals surface area contributed by atoms with E-state index in [1.165, 1.54) is 19.1 Å². The summed E-state index contributed by atoms with van der Waals surface area (Å²) in [5.74, 6) is -0.709. The Balaban J connectivity index is 2.00. The average molecular weight is 429 g/mol. The summed E-state index contributed by atoms with van der Waals surface area (Å²) in [6, 6.07) is 7.36. The largest absolute Gasteiger partial charge is 0.465 e. The molecular formula is C22H24N2O5S. The number of aromatic nitrogens is 1. The van der Waals surface area contributed by atoms with Crippen molar-refractivity contribution >= 4 is 35.0 Å². The summed E-state index contributed by atoms with van der Waals surface area (Å²) in [6.45, 7) is 6.40. The summed E-state index contributed by atoms with van der Waals surface area (Å²) in [6.07, 6.45) is 1.75. The summed E-state index contributed by atoms with van der Waals surface area (Å²) in [5.41, 5.74) is 5.01. The van der Waals surface area contributed by atoms with E-state index in [4.69, 9.17) is 9.47 Å². The zero-order chi connectivity index (χ0) is 22.0. The minimum absolute atomic E-state index is 0.233. The highest BCUT2D eigenvalue weighted by Gasteiger charge is 2.34. The monoisotopic (exact) mass is 428 g/mol. The molecule has 158 valence electrons. The molecule has 0 atom stereocenters. The van der Waals surface area contributed by atoms with E-state index in [0.717, 1.165) is 40.0 Å². The van der Waals surface area contributed by atoms with Crippen molar-refractivity contribution in [2.45, 2.75) is 20.8 Å². The van der Waals surface area contributed by atoms with Crippen LogP contribution < -0.4 is 0 Å². The molecule has 1 aliphatic heterocycles. The second kappa shape index (κ2) is 8.89. The number of rotatable bonds is 6. The molecule has 0 spiro atoms. The van der Waals surface area contributed by atoms with E-state index in [1.807, 2.05) is 37.5 Å². The number of carbonyl (C=O) groups is 3. The third-order valence-electron chi connectivity index (χ3n) is 5.02. The maximum absolute atomic E-state index is 12.6. The fourth-order valence-electron chi connectivity index (χ4n) is 3.42. The lowest BCUT2D eigenvalue weighted by Gasteiger charge is -2.14. The lowest BCUT2D eigenvalue weighted by Crippen LogP contribution is -2.31. The zero-order valence-corrected chi connectivity index (χ0v) is 18.5. The van der Waals surface area contributed by atoms with Gasteiger partial charge in [0.2, 0.25) is 0 Å². The van der Waals surface area contributed by atoms with Gasteiger partial charge >= 0.3 is 5.97 Å². The Morgan fingerprint density at radius 2 is 1.87 bits per heavy atom. The maximum Gasteiger partial charge on any atom is 0.337 e. The van der Waals surface area contributed by atoms with Crippen LogP contribution in [0.4, 0.5) is 4.79 Å². The number of nitrogens with zero attached hydrogens (tertiary/aromatic N) is 2. The molecule has 1 fully saturated rings. The molecule has 0 saturated carbocycles. The molecule has 1 aromatic heterocycles. The molecule has 7 nitrogen and oxygen atoms in total. The molecule has 2 heterocycles. The third-order valence-corrected chi connectivity index (χ3v) is 5.93. The number of hydrogen-bond donors (Lipinski definition) is 0. The Hall–Kier alpha value is -2.84. The topological polar surface area (TPSA) is 77.8 Å². The van der Waals surface area contributed by atoms with Crippen LogP contribution >= 0.6 is 11.8 Å². The van der Waals surface area contributed by atoms with Gasteiger partial charge in [0, 0.05) is 24.2 Å². The predicted octanol–water partition coefficient (Wildman–Crippen LogP) is 3.87. The molecule has 2 amide bonds. The van der Waals surface area contributed by atoms with Crippen LogP contribution in [0.3, 0.4) is 0 Å². The highest BCUT2D eigenvalue weighted by Crippen LogP contribution is 2.34. The van der Waals surface area contributed by atoms with Crippen molar-refractivity contribution in [3.05, 3.63) is 57.2 Å². The molecule has 1 saturated heterocycles. The number of esters is 1. The number of carbonyl (C=O) groups excluding carboxylic acids is 3. The molecule has 30 heavy (non-hydrogen) atoms. The minimum atomic E-state index is -0.399. The van der Waals surface area contributed by atoms with Crippen LogP contribution in [-0.2, 0) is 14.3 Å². The van der Waals surface area contributed by atoms with E-state index in [0.29, 0.717) is 17.1 Å². The summed E-state index contributed by atoms with van der Waals surface area (Å²) < 4.78 is 11.8. The van der Waals surface area contributed by atoms with Crippen LogP contribution in [0.1, 0.15) is 32.9 Å². The standard InChI is InChI=1S/C22H24N2O5S/c1-13-6-7-16(21(26)29-5)11-18(13)24-14(2)10-17(15(24)3)12-19-20(25)23(8-9-28-4)22(27)30-19/h6-7,10-12H,8-9H2,1-5H3/b19-12+. The number of benzene rings is 1. The number of thioether (sulfide) groups is 1. The van der Waals surface area contributed by atoms with E-state index in [2.05, 4.69) is 0 Å².